The second-order valence-electron chi connectivity index (χ2n) is 5.57. The van der Waals surface area contributed by atoms with Crippen molar-refractivity contribution in [2.45, 2.75) is 12.8 Å². The number of amides is 1. The molecule has 5 nitrogen and oxygen atoms in total. The van der Waals surface area contributed by atoms with Crippen LogP contribution < -0.4 is 5.32 Å². The molecule has 0 bridgehead atoms. The van der Waals surface area contributed by atoms with Gasteiger partial charge in [-0.2, -0.15) is 0 Å². The van der Waals surface area contributed by atoms with E-state index in [-0.39, 0.29) is 18.3 Å². The van der Waals surface area contributed by atoms with E-state index < -0.39 is 0 Å². The Morgan fingerprint density at radius 2 is 1.96 bits per heavy atom. The number of nitrogens with zero attached hydrogens (tertiary/aromatic N) is 1. The number of morpholine rings is 1. The number of carbonyl (C=O) groups excluding carboxylic acids is 1. The van der Waals surface area contributed by atoms with Gasteiger partial charge in [-0.3, -0.25) is 9.69 Å². The molecule has 1 N–H and O–H groups in total. The summed E-state index contributed by atoms with van der Waals surface area (Å²) in [6.45, 7) is 5.46. The zero-order valence-corrected chi connectivity index (χ0v) is 13.9. The van der Waals surface area contributed by atoms with E-state index in [1.165, 1.54) is 0 Å². The number of benzene rings is 1. The second kappa shape index (κ2) is 8.91. The molecule has 1 aliphatic rings. The molecule has 0 spiro atoms. The van der Waals surface area contributed by atoms with Crippen molar-refractivity contribution >= 4 is 29.1 Å². The first kappa shape index (κ1) is 17.8. The van der Waals surface area contributed by atoms with Crippen LogP contribution in [-0.4, -0.2) is 50.2 Å². The highest BCUT2D eigenvalue weighted by Crippen LogP contribution is 2.20. The summed E-state index contributed by atoms with van der Waals surface area (Å²) in [6, 6.07) is 7.70. The molecular weight excluding hydrogens is 316 g/mol. The molecule has 6 heteroatoms. The summed E-state index contributed by atoms with van der Waals surface area (Å²) in [6.07, 6.45) is 3.68. The van der Waals surface area contributed by atoms with Crippen LogP contribution in [0, 0.1) is 0 Å². The van der Waals surface area contributed by atoms with E-state index in [2.05, 4.69) is 10.2 Å². The van der Waals surface area contributed by atoms with Crippen molar-refractivity contribution in [3.8, 4) is 0 Å². The van der Waals surface area contributed by atoms with Crippen molar-refractivity contribution < 1.29 is 13.9 Å². The SMILES string of the molecule is Cl.O=C(NCCCCN1CCOCC1)c1occ2ccccc12. The number of fused-ring (bicyclic) bond motifs is 1. The zero-order valence-electron chi connectivity index (χ0n) is 13.1. The molecular formula is C17H23ClN2O3. The van der Waals surface area contributed by atoms with Crippen LogP contribution in [0.25, 0.3) is 10.8 Å². The van der Waals surface area contributed by atoms with Gasteiger partial charge in [0.1, 0.15) is 0 Å². The number of hydrogen-bond acceptors (Lipinski definition) is 4. The summed E-state index contributed by atoms with van der Waals surface area (Å²) >= 11 is 0. The van der Waals surface area contributed by atoms with E-state index in [1.54, 1.807) is 6.26 Å². The van der Waals surface area contributed by atoms with E-state index in [0.29, 0.717) is 12.3 Å². The molecule has 2 aromatic rings. The molecule has 0 aliphatic carbocycles. The Labute approximate surface area is 142 Å². The minimum Gasteiger partial charge on any atom is -0.458 e. The van der Waals surface area contributed by atoms with Crippen molar-refractivity contribution in [3.63, 3.8) is 0 Å². The van der Waals surface area contributed by atoms with Crippen molar-refractivity contribution in [2.24, 2.45) is 0 Å². The minimum absolute atomic E-state index is 0. The largest absolute Gasteiger partial charge is 0.458 e. The van der Waals surface area contributed by atoms with Crippen molar-refractivity contribution in [2.75, 3.05) is 39.4 Å². The molecule has 23 heavy (non-hydrogen) atoms. The number of unbranched alkanes of at least 4 members (excludes halogenated alkanes) is 1. The first-order chi connectivity index (χ1) is 10.8. The van der Waals surface area contributed by atoms with E-state index in [4.69, 9.17) is 9.15 Å². The molecule has 0 saturated carbocycles. The fourth-order valence-electron chi connectivity index (χ4n) is 2.74. The van der Waals surface area contributed by atoms with Crippen LogP contribution in [0.15, 0.2) is 34.9 Å². The first-order valence-corrected chi connectivity index (χ1v) is 7.89. The first-order valence-electron chi connectivity index (χ1n) is 7.89. The van der Waals surface area contributed by atoms with Gasteiger partial charge < -0.3 is 14.5 Å². The van der Waals surface area contributed by atoms with Crippen molar-refractivity contribution in [3.05, 3.63) is 36.3 Å². The van der Waals surface area contributed by atoms with Crippen molar-refractivity contribution in [1.29, 1.82) is 0 Å². The van der Waals surface area contributed by atoms with Gasteiger partial charge in [0, 0.05) is 30.4 Å². The fraction of sp³-hybridized carbons (Fsp3) is 0.471. The molecule has 0 atom stereocenters. The smallest absolute Gasteiger partial charge is 0.287 e. The number of furan rings is 1. The molecule has 1 fully saturated rings. The predicted octanol–water partition coefficient (Wildman–Crippen LogP) is 2.70. The summed E-state index contributed by atoms with van der Waals surface area (Å²) in [5, 5.41) is 4.77. The van der Waals surface area contributed by atoms with E-state index in [1.807, 2.05) is 24.3 Å². The van der Waals surface area contributed by atoms with Gasteiger partial charge >= 0.3 is 0 Å². The monoisotopic (exact) mass is 338 g/mol. The van der Waals surface area contributed by atoms with Crippen LogP contribution >= 0.6 is 12.4 Å². The van der Waals surface area contributed by atoms with Gasteiger partial charge in [-0.1, -0.05) is 24.3 Å². The molecule has 0 radical (unpaired) electrons. The number of ether oxygens (including phenoxy) is 1. The Bertz CT molecular complexity index is 623. The molecule has 1 amide bonds. The maximum atomic E-state index is 12.2. The fourth-order valence-corrected chi connectivity index (χ4v) is 2.74. The average molecular weight is 339 g/mol. The van der Waals surface area contributed by atoms with E-state index >= 15 is 0 Å². The lowest BCUT2D eigenvalue weighted by Gasteiger charge is -2.26. The highest BCUT2D eigenvalue weighted by molar-refractivity contribution is 6.04. The van der Waals surface area contributed by atoms with Crippen molar-refractivity contribution in [1.82, 2.24) is 10.2 Å². The van der Waals surface area contributed by atoms with E-state index in [9.17, 15) is 4.79 Å². The highest BCUT2D eigenvalue weighted by Gasteiger charge is 2.14. The number of carbonyl (C=O) groups is 1. The van der Waals surface area contributed by atoms with Crippen LogP contribution in [0.4, 0.5) is 0 Å². The van der Waals surface area contributed by atoms with Gasteiger partial charge in [0.15, 0.2) is 5.76 Å². The lowest BCUT2D eigenvalue weighted by molar-refractivity contribution is 0.0372. The van der Waals surface area contributed by atoms with Gasteiger partial charge in [-0.25, -0.2) is 0 Å². The third-order valence-corrected chi connectivity index (χ3v) is 4.01. The Balaban J connectivity index is 0.00000192. The van der Waals surface area contributed by atoms with Gasteiger partial charge in [0.2, 0.25) is 0 Å². The van der Waals surface area contributed by atoms with Crippen LogP contribution in [0.1, 0.15) is 23.4 Å². The Morgan fingerprint density at radius 3 is 2.78 bits per heavy atom. The maximum Gasteiger partial charge on any atom is 0.287 e. The summed E-state index contributed by atoms with van der Waals surface area (Å²) in [5.41, 5.74) is 0. The van der Waals surface area contributed by atoms with Crippen LogP contribution in [-0.2, 0) is 4.74 Å². The predicted molar refractivity (Wildman–Crippen MR) is 92.3 cm³/mol. The molecule has 1 aromatic heterocycles. The lowest BCUT2D eigenvalue weighted by Crippen LogP contribution is -2.37. The van der Waals surface area contributed by atoms with E-state index in [0.717, 1.165) is 56.5 Å². The Hall–Kier alpha value is -1.56. The topological polar surface area (TPSA) is 54.7 Å². The number of rotatable bonds is 6. The van der Waals surface area contributed by atoms with Gasteiger partial charge in [0.25, 0.3) is 5.91 Å². The summed E-state index contributed by atoms with van der Waals surface area (Å²) in [5.74, 6) is 0.274. The molecule has 126 valence electrons. The van der Waals surface area contributed by atoms with Crippen LogP contribution in [0.5, 0.6) is 0 Å². The van der Waals surface area contributed by atoms with Crippen LogP contribution in [0.2, 0.25) is 0 Å². The van der Waals surface area contributed by atoms with Gasteiger partial charge in [-0.05, 0) is 19.4 Å². The number of hydrogen-bond donors (Lipinski definition) is 1. The lowest BCUT2D eigenvalue weighted by atomic mass is 10.2. The summed E-state index contributed by atoms with van der Waals surface area (Å²) in [7, 11) is 0. The normalized spacial score (nSPS) is 15.3. The van der Waals surface area contributed by atoms with Crippen LogP contribution in [0.3, 0.4) is 0 Å². The molecule has 1 aromatic carbocycles. The third-order valence-electron chi connectivity index (χ3n) is 4.01. The van der Waals surface area contributed by atoms with Gasteiger partial charge in [-0.15, -0.1) is 12.4 Å². The third kappa shape index (κ3) is 4.70. The molecule has 3 rings (SSSR count). The molecule has 2 heterocycles. The quantitative estimate of drug-likeness (QED) is 0.823. The zero-order chi connectivity index (χ0) is 15.2. The molecule has 0 unspecified atom stereocenters. The number of halogens is 1. The Morgan fingerprint density at radius 1 is 1.17 bits per heavy atom. The standard InChI is InChI=1S/C17H22N2O3.ClH/c20-17(16-15-6-2-1-5-14(15)13-22-16)18-7-3-4-8-19-9-11-21-12-10-19;/h1-2,5-6,13H,3-4,7-12H2,(H,18,20);1H. The summed E-state index contributed by atoms with van der Waals surface area (Å²) in [4.78, 5) is 14.6. The summed E-state index contributed by atoms with van der Waals surface area (Å²) < 4.78 is 10.7. The minimum atomic E-state index is -0.132. The highest BCUT2D eigenvalue weighted by atomic mass is 35.5. The second-order valence-corrected chi connectivity index (χ2v) is 5.57. The molecule has 1 saturated heterocycles. The maximum absolute atomic E-state index is 12.2. The molecule has 1 aliphatic heterocycles. The number of nitrogens with one attached hydrogen (secondary N) is 1. The Kier molecular flexibility index (Phi) is 6.89. The average Bonchev–Trinajstić information content (AvgIpc) is 2.99. The van der Waals surface area contributed by atoms with Gasteiger partial charge in [0.05, 0.1) is 19.5 Å².